The second-order valence-electron chi connectivity index (χ2n) is 5.66. The van der Waals surface area contributed by atoms with Gasteiger partial charge < -0.3 is 15.0 Å². The molecule has 1 aliphatic heterocycles. The Balaban J connectivity index is 0.000000648. The van der Waals surface area contributed by atoms with Crippen molar-refractivity contribution in [1.82, 2.24) is 4.90 Å². The molecule has 1 aromatic rings. The zero-order chi connectivity index (χ0) is 17.9. The van der Waals surface area contributed by atoms with Gasteiger partial charge in [0.2, 0.25) is 6.41 Å². The molecule has 1 aliphatic rings. The predicted molar refractivity (Wildman–Crippen MR) is 103 cm³/mol. The highest BCUT2D eigenvalue weighted by molar-refractivity contribution is 6.30. The number of ether oxygens (including phenoxy) is 1. The van der Waals surface area contributed by atoms with Gasteiger partial charge in [-0.2, -0.15) is 0 Å². The lowest BCUT2D eigenvalue weighted by Gasteiger charge is -2.32. The van der Waals surface area contributed by atoms with Crippen LogP contribution in [0.15, 0.2) is 24.3 Å². The molecule has 0 aliphatic carbocycles. The zero-order valence-corrected chi connectivity index (χ0v) is 15.9. The number of hydrogen-bond acceptors (Lipinski definition) is 3. The Morgan fingerprint density at radius 2 is 2.12 bits per heavy atom. The Labute approximate surface area is 150 Å². The molecule has 4 nitrogen and oxygen atoms in total. The van der Waals surface area contributed by atoms with Crippen molar-refractivity contribution in [1.29, 1.82) is 0 Å². The first-order valence-corrected chi connectivity index (χ1v) is 8.87. The SMILES string of the molecule is CCCC1C=C(c2cc(Cl)ccc2NC)CCN1C=O.CCOC. The number of methoxy groups -OCH3 is 1. The summed E-state index contributed by atoms with van der Waals surface area (Å²) in [5.41, 5.74) is 3.50. The minimum atomic E-state index is 0.199. The van der Waals surface area contributed by atoms with Gasteiger partial charge in [-0.05, 0) is 43.5 Å². The molecule has 5 heteroatoms. The van der Waals surface area contributed by atoms with Crippen LogP contribution in [0.1, 0.15) is 38.7 Å². The van der Waals surface area contributed by atoms with Gasteiger partial charge in [0, 0.05) is 43.6 Å². The quantitative estimate of drug-likeness (QED) is 0.769. The van der Waals surface area contributed by atoms with E-state index in [2.05, 4.69) is 23.1 Å². The highest BCUT2D eigenvalue weighted by atomic mass is 35.5. The van der Waals surface area contributed by atoms with E-state index in [1.165, 1.54) is 5.57 Å². The van der Waals surface area contributed by atoms with E-state index in [4.69, 9.17) is 11.6 Å². The molecular weight excluding hydrogens is 324 g/mol. The molecule has 1 aromatic carbocycles. The van der Waals surface area contributed by atoms with E-state index in [9.17, 15) is 4.79 Å². The summed E-state index contributed by atoms with van der Waals surface area (Å²) in [4.78, 5) is 13.0. The molecule has 0 aromatic heterocycles. The van der Waals surface area contributed by atoms with E-state index >= 15 is 0 Å². The second-order valence-corrected chi connectivity index (χ2v) is 6.09. The van der Waals surface area contributed by atoms with Gasteiger partial charge in [-0.15, -0.1) is 0 Å². The molecule has 1 unspecified atom stereocenters. The van der Waals surface area contributed by atoms with Crippen LogP contribution in [0, 0.1) is 0 Å². The van der Waals surface area contributed by atoms with Gasteiger partial charge >= 0.3 is 0 Å². The summed E-state index contributed by atoms with van der Waals surface area (Å²) in [5, 5.41) is 3.95. The molecule has 1 amide bonds. The van der Waals surface area contributed by atoms with Crippen molar-refractivity contribution in [3.63, 3.8) is 0 Å². The fourth-order valence-electron chi connectivity index (χ4n) is 2.73. The van der Waals surface area contributed by atoms with Crippen LogP contribution in [0.25, 0.3) is 5.57 Å². The highest BCUT2D eigenvalue weighted by Gasteiger charge is 2.21. The molecule has 1 N–H and O–H groups in total. The Kier molecular flexibility index (Phi) is 9.50. The number of nitrogens with zero attached hydrogens (tertiary/aromatic N) is 1. The van der Waals surface area contributed by atoms with Crippen LogP contribution in [-0.2, 0) is 9.53 Å². The van der Waals surface area contributed by atoms with Gasteiger partial charge in [0.25, 0.3) is 0 Å². The number of carbonyl (C=O) groups is 1. The van der Waals surface area contributed by atoms with Gasteiger partial charge in [-0.25, -0.2) is 0 Å². The summed E-state index contributed by atoms with van der Waals surface area (Å²) in [6.07, 6.45) is 6.11. The number of nitrogens with one attached hydrogen (secondary N) is 1. The first kappa shape index (κ1) is 20.5. The number of rotatable bonds is 6. The van der Waals surface area contributed by atoms with Crippen LogP contribution in [0.4, 0.5) is 5.69 Å². The van der Waals surface area contributed by atoms with Crippen molar-refractivity contribution in [2.45, 2.75) is 39.2 Å². The van der Waals surface area contributed by atoms with Gasteiger partial charge in [0.05, 0.1) is 6.04 Å². The summed E-state index contributed by atoms with van der Waals surface area (Å²) >= 11 is 6.12. The van der Waals surface area contributed by atoms with Gasteiger partial charge in [0.15, 0.2) is 0 Å². The fourth-order valence-corrected chi connectivity index (χ4v) is 2.90. The molecule has 24 heavy (non-hydrogen) atoms. The molecular formula is C19H29ClN2O2. The Bertz CT molecular complexity index is 544. The van der Waals surface area contributed by atoms with E-state index < -0.39 is 0 Å². The predicted octanol–water partition coefficient (Wildman–Crippen LogP) is 4.45. The van der Waals surface area contributed by atoms with Crippen LogP contribution < -0.4 is 5.32 Å². The van der Waals surface area contributed by atoms with E-state index in [1.807, 2.05) is 37.1 Å². The van der Waals surface area contributed by atoms with E-state index in [0.29, 0.717) is 0 Å². The first-order valence-electron chi connectivity index (χ1n) is 8.49. The molecule has 1 heterocycles. The highest BCUT2D eigenvalue weighted by Crippen LogP contribution is 2.32. The van der Waals surface area contributed by atoms with E-state index in [0.717, 1.165) is 55.1 Å². The van der Waals surface area contributed by atoms with E-state index in [1.54, 1.807) is 7.11 Å². The summed E-state index contributed by atoms with van der Waals surface area (Å²) < 4.78 is 4.54. The monoisotopic (exact) mass is 352 g/mol. The lowest BCUT2D eigenvalue weighted by atomic mass is 9.93. The number of anilines is 1. The number of hydrogen-bond donors (Lipinski definition) is 1. The number of benzene rings is 1. The number of carbonyl (C=O) groups excluding carboxylic acids is 1. The van der Waals surface area contributed by atoms with Crippen molar-refractivity contribution >= 4 is 29.3 Å². The van der Waals surface area contributed by atoms with Crippen molar-refractivity contribution < 1.29 is 9.53 Å². The lowest BCUT2D eigenvalue weighted by Crippen LogP contribution is -2.36. The van der Waals surface area contributed by atoms with Crippen molar-refractivity contribution in [3.05, 3.63) is 34.9 Å². The van der Waals surface area contributed by atoms with Crippen molar-refractivity contribution in [2.75, 3.05) is 32.6 Å². The molecule has 0 fully saturated rings. The second kappa shape index (κ2) is 11.1. The smallest absolute Gasteiger partial charge is 0.210 e. The van der Waals surface area contributed by atoms with Crippen LogP contribution in [0.2, 0.25) is 5.02 Å². The maximum Gasteiger partial charge on any atom is 0.210 e. The van der Waals surface area contributed by atoms with Crippen LogP contribution in [0.3, 0.4) is 0 Å². The molecule has 0 radical (unpaired) electrons. The topological polar surface area (TPSA) is 41.6 Å². The molecule has 0 saturated heterocycles. The average molecular weight is 353 g/mol. The molecule has 134 valence electrons. The molecule has 0 spiro atoms. The summed E-state index contributed by atoms with van der Waals surface area (Å²) in [6, 6.07) is 6.09. The normalized spacial score (nSPS) is 16.8. The molecule has 0 saturated carbocycles. The van der Waals surface area contributed by atoms with Crippen LogP contribution in [0.5, 0.6) is 0 Å². The zero-order valence-electron chi connectivity index (χ0n) is 15.1. The Morgan fingerprint density at radius 1 is 1.42 bits per heavy atom. The van der Waals surface area contributed by atoms with Crippen molar-refractivity contribution in [2.24, 2.45) is 0 Å². The standard InChI is InChI=1S/C16H21ClN2O.C3H8O/c1-3-4-14-9-12(7-8-19(14)11-20)15-10-13(17)5-6-16(15)18-2;1-3-4-2/h5-6,9-11,14,18H,3-4,7-8H2,1-2H3;3H2,1-2H3. The molecule has 2 rings (SSSR count). The van der Waals surface area contributed by atoms with E-state index in [-0.39, 0.29) is 6.04 Å². The summed E-state index contributed by atoms with van der Waals surface area (Å²) in [6.45, 7) is 5.69. The average Bonchev–Trinajstić information content (AvgIpc) is 2.62. The third-order valence-electron chi connectivity index (χ3n) is 4.06. The third kappa shape index (κ3) is 5.84. The fraction of sp³-hybridized carbons (Fsp3) is 0.526. The Morgan fingerprint density at radius 3 is 2.67 bits per heavy atom. The Hall–Kier alpha value is -1.52. The summed E-state index contributed by atoms with van der Waals surface area (Å²) in [7, 11) is 3.59. The first-order chi connectivity index (χ1) is 11.6. The largest absolute Gasteiger partial charge is 0.388 e. The lowest BCUT2D eigenvalue weighted by molar-refractivity contribution is -0.119. The minimum absolute atomic E-state index is 0.199. The molecule has 0 bridgehead atoms. The maximum atomic E-state index is 11.1. The van der Waals surface area contributed by atoms with Gasteiger partial charge in [-0.1, -0.05) is 31.0 Å². The van der Waals surface area contributed by atoms with Crippen LogP contribution in [-0.4, -0.2) is 44.7 Å². The number of amides is 1. The molecule has 1 atom stereocenters. The number of halogens is 1. The van der Waals surface area contributed by atoms with Gasteiger partial charge in [0.1, 0.15) is 0 Å². The maximum absolute atomic E-state index is 11.1. The minimum Gasteiger partial charge on any atom is -0.388 e. The van der Waals surface area contributed by atoms with Gasteiger partial charge in [-0.3, -0.25) is 4.79 Å². The van der Waals surface area contributed by atoms with Crippen LogP contribution >= 0.6 is 11.6 Å². The van der Waals surface area contributed by atoms with Crippen molar-refractivity contribution in [3.8, 4) is 0 Å². The third-order valence-corrected chi connectivity index (χ3v) is 4.30. The summed E-state index contributed by atoms with van der Waals surface area (Å²) in [5.74, 6) is 0.